The van der Waals surface area contributed by atoms with Gasteiger partial charge in [0.1, 0.15) is 5.78 Å². The second-order valence-corrected chi connectivity index (χ2v) is 7.08. The van der Waals surface area contributed by atoms with Gasteiger partial charge < -0.3 is 14.8 Å². The number of Topliss-reactive ketones (excluding diaryl/α,β-unsaturated/α-hetero) is 1. The second kappa shape index (κ2) is 7.16. The normalized spacial score (nSPS) is 22.3. The number of nitrogens with one attached hydrogen (secondary N) is 1. The second-order valence-electron chi connectivity index (χ2n) is 7.08. The smallest absolute Gasteiger partial charge is 0.333 e. The molecule has 5 nitrogen and oxygen atoms in total. The fourth-order valence-corrected chi connectivity index (χ4v) is 3.44. The van der Waals surface area contributed by atoms with Crippen molar-refractivity contribution in [3.63, 3.8) is 0 Å². The van der Waals surface area contributed by atoms with Crippen molar-refractivity contribution in [1.82, 2.24) is 5.32 Å². The third-order valence-electron chi connectivity index (χ3n) is 5.08. The van der Waals surface area contributed by atoms with Gasteiger partial charge in [-0.2, -0.15) is 0 Å². The third-order valence-corrected chi connectivity index (χ3v) is 5.08. The Labute approximate surface area is 142 Å². The number of amides is 1. The number of hydrogen-bond donors (Lipinski definition) is 1. The van der Waals surface area contributed by atoms with Gasteiger partial charge in [0.05, 0.1) is 7.11 Å². The molecule has 0 unspecified atom stereocenters. The fourth-order valence-electron chi connectivity index (χ4n) is 3.44. The predicted molar refractivity (Wildman–Crippen MR) is 90.0 cm³/mol. The first kappa shape index (κ1) is 18.2. The summed E-state index contributed by atoms with van der Waals surface area (Å²) < 4.78 is 4.80. The molecule has 0 spiro atoms. The Morgan fingerprint density at radius 1 is 1.12 bits per heavy atom. The zero-order valence-corrected chi connectivity index (χ0v) is 14.7. The highest BCUT2D eigenvalue weighted by Crippen LogP contribution is 2.61. The van der Waals surface area contributed by atoms with Crippen LogP contribution in [0.3, 0.4) is 0 Å². The number of benzene rings is 1. The topological polar surface area (TPSA) is 72.5 Å². The van der Waals surface area contributed by atoms with Crippen LogP contribution < -0.4 is 5.32 Å². The highest BCUT2D eigenvalue weighted by atomic mass is 16.5. The van der Waals surface area contributed by atoms with E-state index >= 15 is 0 Å². The molecule has 1 aromatic carbocycles. The molecule has 0 saturated heterocycles. The lowest BCUT2D eigenvalue weighted by atomic mass is 10.0. The van der Waals surface area contributed by atoms with Crippen LogP contribution in [0.1, 0.15) is 45.2 Å². The molecule has 3 atom stereocenters. The first-order chi connectivity index (χ1) is 11.3. The molecule has 1 amide bonds. The molecular formula is C19H25NO4. The lowest BCUT2D eigenvalue weighted by Crippen LogP contribution is -2.34. The first-order valence-corrected chi connectivity index (χ1v) is 8.19. The summed E-state index contributed by atoms with van der Waals surface area (Å²) in [6.07, 6.45) is 0.815. The van der Waals surface area contributed by atoms with Crippen molar-refractivity contribution in [3.05, 3.63) is 35.9 Å². The minimum Gasteiger partial charge on any atom is -0.467 e. The minimum absolute atomic E-state index is 0.0173. The van der Waals surface area contributed by atoms with Crippen LogP contribution in [0.5, 0.6) is 0 Å². The monoisotopic (exact) mass is 331 g/mol. The van der Waals surface area contributed by atoms with Gasteiger partial charge in [0, 0.05) is 12.8 Å². The zero-order valence-electron chi connectivity index (χ0n) is 14.7. The summed E-state index contributed by atoms with van der Waals surface area (Å²) in [6.45, 7) is 5.73. The third kappa shape index (κ3) is 4.02. The zero-order chi connectivity index (χ0) is 17.9. The van der Waals surface area contributed by atoms with Crippen LogP contribution in [0, 0.1) is 17.3 Å². The van der Waals surface area contributed by atoms with Gasteiger partial charge in [-0.25, -0.2) is 4.79 Å². The maximum absolute atomic E-state index is 12.4. The largest absolute Gasteiger partial charge is 0.467 e. The van der Waals surface area contributed by atoms with E-state index in [2.05, 4.69) is 19.2 Å². The quantitative estimate of drug-likeness (QED) is 0.780. The number of hydrogen-bond acceptors (Lipinski definition) is 4. The van der Waals surface area contributed by atoms with E-state index in [9.17, 15) is 14.4 Å². The van der Waals surface area contributed by atoms with Crippen molar-refractivity contribution in [2.75, 3.05) is 7.11 Å². The Morgan fingerprint density at radius 2 is 1.71 bits per heavy atom. The summed E-state index contributed by atoms with van der Waals surface area (Å²) in [6, 6.07) is 8.22. The Balaban J connectivity index is 2.02. The lowest BCUT2D eigenvalue weighted by Gasteiger charge is -2.17. The number of carbonyl (C=O) groups excluding carboxylic acids is 3. The van der Waals surface area contributed by atoms with Gasteiger partial charge in [0.15, 0.2) is 6.04 Å². The molecule has 0 bridgehead atoms. The van der Waals surface area contributed by atoms with Crippen molar-refractivity contribution in [3.8, 4) is 0 Å². The molecule has 1 aliphatic carbocycles. The van der Waals surface area contributed by atoms with Gasteiger partial charge in [0.25, 0.3) is 0 Å². The molecule has 0 heterocycles. The van der Waals surface area contributed by atoms with E-state index in [1.165, 1.54) is 7.11 Å². The average Bonchev–Trinajstić information content (AvgIpc) is 3.03. The van der Waals surface area contributed by atoms with Crippen LogP contribution in [0.4, 0.5) is 0 Å². The van der Waals surface area contributed by atoms with E-state index in [4.69, 9.17) is 4.74 Å². The van der Waals surface area contributed by atoms with Crippen molar-refractivity contribution in [2.45, 2.75) is 39.7 Å². The van der Waals surface area contributed by atoms with E-state index in [1.807, 2.05) is 18.2 Å². The molecular weight excluding hydrogens is 306 g/mol. The molecule has 0 aromatic heterocycles. The van der Waals surface area contributed by atoms with Crippen molar-refractivity contribution in [1.29, 1.82) is 0 Å². The molecule has 1 saturated carbocycles. The van der Waals surface area contributed by atoms with E-state index in [0.29, 0.717) is 18.4 Å². The summed E-state index contributed by atoms with van der Waals surface area (Å²) in [5.41, 5.74) is 0.671. The molecule has 1 N–H and O–H groups in total. The highest BCUT2D eigenvalue weighted by Gasteiger charge is 2.57. The summed E-state index contributed by atoms with van der Waals surface area (Å²) >= 11 is 0. The number of ketones is 1. The van der Waals surface area contributed by atoms with E-state index in [1.54, 1.807) is 19.1 Å². The summed E-state index contributed by atoms with van der Waals surface area (Å²) in [7, 11) is 1.30. The molecule has 0 aliphatic heterocycles. The first-order valence-electron chi connectivity index (χ1n) is 8.19. The molecule has 0 radical (unpaired) electrons. The highest BCUT2D eigenvalue weighted by molar-refractivity contribution is 5.86. The minimum atomic E-state index is -0.809. The SMILES string of the molecule is COC(=O)[C@H](NC(=O)C[C@@H]1[C@H](CC(C)=O)C1(C)C)c1ccccc1. The molecule has 1 aliphatic rings. The van der Waals surface area contributed by atoms with Gasteiger partial charge in [-0.15, -0.1) is 0 Å². The standard InChI is InChI=1S/C19H25NO4/c1-12(21)10-14-15(19(14,2)3)11-16(22)20-17(18(23)24-4)13-8-6-5-7-9-13/h5-9,14-15,17H,10-11H2,1-4H3,(H,20,22)/t14-,15+,17+/m0/s1. The molecule has 24 heavy (non-hydrogen) atoms. The molecule has 2 rings (SSSR count). The summed E-state index contributed by atoms with van der Waals surface area (Å²) in [4.78, 5) is 35.8. The van der Waals surface area contributed by atoms with Gasteiger partial charge in [0.2, 0.25) is 5.91 Å². The van der Waals surface area contributed by atoms with E-state index < -0.39 is 12.0 Å². The lowest BCUT2D eigenvalue weighted by molar-refractivity contribution is -0.145. The average molecular weight is 331 g/mol. The van der Waals surface area contributed by atoms with Crippen LogP contribution in [0.15, 0.2) is 30.3 Å². The Morgan fingerprint density at radius 3 is 2.25 bits per heavy atom. The van der Waals surface area contributed by atoms with Gasteiger partial charge in [-0.3, -0.25) is 4.79 Å². The molecule has 1 aromatic rings. The Bertz CT molecular complexity index is 624. The van der Waals surface area contributed by atoms with Crippen LogP contribution in [-0.2, 0) is 19.1 Å². The predicted octanol–water partition coefficient (Wildman–Crippen LogP) is 2.66. The fraction of sp³-hybridized carbons (Fsp3) is 0.526. The number of carbonyl (C=O) groups is 3. The van der Waals surface area contributed by atoms with Gasteiger partial charge in [-0.1, -0.05) is 44.2 Å². The van der Waals surface area contributed by atoms with Crippen molar-refractivity contribution in [2.24, 2.45) is 17.3 Å². The number of rotatable bonds is 7. The van der Waals surface area contributed by atoms with Crippen molar-refractivity contribution < 1.29 is 19.1 Å². The van der Waals surface area contributed by atoms with E-state index in [0.717, 1.165) is 0 Å². The van der Waals surface area contributed by atoms with E-state index in [-0.39, 0.29) is 28.9 Å². The maximum Gasteiger partial charge on any atom is 0.333 e. The Hall–Kier alpha value is -2.17. The van der Waals surface area contributed by atoms with Crippen molar-refractivity contribution >= 4 is 17.7 Å². The van der Waals surface area contributed by atoms with Crippen LogP contribution in [0.2, 0.25) is 0 Å². The maximum atomic E-state index is 12.4. The molecule has 5 heteroatoms. The van der Waals surface area contributed by atoms with Crippen LogP contribution >= 0.6 is 0 Å². The molecule has 130 valence electrons. The number of ether oxygens (including phenoxy) is 1. The Kier molecular flexibility index (Phi) is 5.42. The van der Waals surface area contributed by atoms with Gasteiger partial charge >= 0.3 is 5.97 Å². The number of esters is 1. The number of methoxy groups -OCH3 is 1. The van der Waals surface area contributed by atoms with Crippen LogP contribution in [-0.4, -0.2) is 24.8 Å². The molecule has 1 fully saturated rings. The summed E-state index contributed by atoms with van der Waals surface area (Å²) in [5, 5.41) is 2.77. The summed E-state index contributed by atoms with van der Waals surface area (Å²) in [5.74, 6) is -0.152. The van der Waals surface area contributed by atoms with Gasteiger partial charge in [-0.05, 0) is 29.7 Å². The van der Waals surface area contributed by atoms with Crippen LogP contribution in [0.25, 0.3) is 0 Å².